The van der Waals surface area contributed by atoms with Gasteiger partial charge in [-0.1, -0.05) is 42.5 Å². The van der Waals surface area contributed by atoms with Gasteiger partial charge in [0.25, 0.3) is 5.91 Å². The van der Waals surface area contributed by atoms with Crippen molar-refractivity contribution in [1.82, 2.24) is 5.32 Å². The summed E-state index contributed by atoms with van der Waals surface area (Å²) in [4.78, 5) is 38.6. The number of benzene rings is 3. The molecule has 0 unspecified atom stereocenters. The fourth-order valence-electron chi connectivity index (χ4n) is 4.55. The number of rotatable bonds is 6. The van der Waals surface area contributed by atoms with E-state index in [9.17, 15) is 14.4 Å². The number of carbonyl (C=O) groups excluding carboxylic acids is 3. The molecule has 0 bridgehead atoms. The summed E-state index contributed by atoms with van der Waals surface area (Å²) in [6.07, 6.45) is 2.81. The fourth-order valence-corrected chi connectivity index (χ4v) is 4.55. The zero-order chi connectivity index (χ0) is 24.2. The van der Waals surface area contributed by atoms with E-state index in [2.05, 4.69) is 11.4 Å². The van der Waals surface area contributed by atoms with Gasteiger partial charge < -0.3 is 19.5 Å². The van der Waals surface area contributed by atoms with Gasteiger partial charge in [0, 0.05) is 11.1 Å². The number of amides is 1. The van der Waals surface area contributed by atoms with Crippen molar-refractivity contribution in [3.8, 4) is 11.5 Å². The van der Waals surface area contributed by atoms with E-state index in [-0.39, 0.29) is 28.9 Å². The summed E-state index contributed by atoms with van der Waals surface area (Å²) < 4.78 is 16.4. The maximum absolute atomic E-state index is 13.2. The minimum absolute atomic E-state index is 0.100. The first-order valence-corrected chi connectivity index (χ1v) is 11.7. The predicted molar refractivity (Wildman–Crippen MR) is 128 cm³/mol. The van der Waals surface area contributed by atoms with Crippen LogP contribution in [0.25, 0.3) is 0 Å². The van der Waals surface area contributed by atoms with Crippen molar-refractivity contribution in [2.45, 2.75) is 25.3 Å². The van der Waals surface area contributed by atoms with Crippen LogP contribution in [-0.4, -0.2) is 37.5 Å². The van der Waals surface area contributed by atoms with Crippen molar-refractivity contribution < 1.29 is 28.6 Å². The van der Waals surface area contributed by atoms with Gasteiger partial charge in [-0.2, -0.15) is 0 Å². The molecule has 0 aromatic heterocycles. The van der Waals surface area contributed by atoms with Crippen molar-refractivity contribution in [2.75, 3.05) is 19.8 Å². The van der Waals surface area contributed by atoms with E-state index in [4.69, 9.17) is 14.2 Å². The van der Waals surface area contributed by atoms with Gasteiger partial charge in [-0.25, -0.2) is 4.79 Å². The van der Waals surface area contributed by atoms with Gasteiger partial charge in [0.1, 0.15) is 13.2 Å². The topological polar surface area (TPSA) is 90.9 Å². The van der Waals surface area contributed by atoms with E-state index >= 15 is 0 Å². The Labute approximate surface area is 203 Å². The molecule has 3 aromatic rings. The third kappa shape index (κ3) is 4.89. The number of ketones is 1. The standard InChI is InChI=1S/C28H25NO6/c30-26(29-23-11-5-7-18-6-1-2-8-20(18)23)17-35-28(32)22-10-4-3-9-21(22)27(31)19-12-13-24-25(16-19)34-15-14-33-24/h1-4,6,8-10,12-13,16,23H,5,7,11,14-15,17H2,(H,29,30)/t23-/m0/s1. The molecule has 0 radical (unpaired) electrons. The third-order valence-electron chi connectivity index (χ3n) is 6.23. The number of hydrogen-bond donors (Lipinski definition) is 1. The smallest absolute Gasteiger partial charge is 0.339 e. The van der Waals surface area contributed by atoms with E-state index < -0.39 is 12.6 Å². The Bertz CT molecular complexity index is 1280. The van der Waals surface area contributed by atoms with Crippen LogP contribution in [0.3, 0.4) is 0 Å². The normalized spacial score (nSPS) is 16.1. The first-order valence-electron chi connectivity index (χ1n) is 11.7. The summed E-state index contributed by atoms with van der Waals surface area (Å²) >= 11 is 0. The highest BCUT2D eigenvalue weighted by Crippen LogP contribution is 2.32. The molecule has 178 valence electrons. The highest BCUT2D eigenvalue weighted by molar-refractivity contribution is 6.14. The summed E-state index contributed by atoms with van der Waals surface area (Å²) in [5.74, 6) is -0.394. The minimum atomic E-state index is -0.731. The lowest BCUT2D eigenvalue weighted by atomic mass is 9.88. The van der Waals surface area contributed by atoms with Crippen LogP contribution in [0.15, 0.2) is 66.7 Å². The number of ether oxygens (including phenoxy) is 3. The molecular formula is C28H25NO6. The van der Waals surface area contributed by atoms with E-state index in [0.29, 0.717) is 30.3 Å². The second-order valence-corrected chi connectivity index (χ2v) is 8.52. The highest BCUT2D eigenvalue weighted by Gasteiger charge is 2.24. The average molecular weight is 472 g/mol. The van der Waals surface area contributed by atoms with Crippen molar-refractivity contribution in [3.05, 3.63) is 94.5 Å². The number of nitrogens with one attached hydrogen (secondary N) is 1. The highest BCUT2D eigenvalue weighted by atomic mass is 16.6. The number of aryl methyl sites for hydroxylation is 1. The number of carbonyl (C=O) groups is 3. The molecule has 2 aliphatic rings. The lowest BCUT2D eigenvalue weighted by Gasteiger charge is -2.26. The molecule has 35 heavy (non-hydrogen) atoms. The summed E-state index contributed by atoms with van der Waals surface area (Å²) in [7, 11) is 0. The zero-order valence-electron chi connectivity index (χ0n) is 19.1. The van der Waals surface area contributed by atoms with Crippen molar-refractivity contribution in [2.24, 2.45) is 0 Å². The van der Waals surface area contributed by atoms with Gasteiger partial charge >= 0.3 is 5.97 Å². The van der Waals surface area contributed by atoms with Crippen LogP contribution < -0.4 is 14.8 Å². The van der Waals surface area contributed by atoms with Gasteiger partial charge in [-0.3, -0.25) is 9.59 Å². The van der Waals surface area contributed by atoms with Crippen LogP contribution in [0.5, 0.6) is 11.5 Å². The lowest BCUT2D eigenvalue weighted by molar-refractivity contribution is -0.125. The fraction of sp³-hybridized carbons (Fsp3) is 0.250. The van der Waals surface area contributed by atoms with Crippen molar-refractivity contribution in [1.29, 1.82) is 0 Å². The molecule has 1 heterocycles. The number of hydrogen-bond acceptors (Lipinski definition) is 6. The van der Waals surface area contributed by atoms with Gasteiger partial charge in [-0.05, 0) is 54.7 Å². The Morgan fingerprint density at radius 2 is 1.63 bits per heavy atom. The lowest BCUT2D eigenvalue weighted by Crippen LogP contribution is -2.34. The molecule has 0 saturated heterocycles. The molecule has 0 spiro atoms. The Hall–Kier alpha value is -4.13. The van der Waals surface area contributed by atoms with E-state index in [1.54, 1.807) is 36.4 Å². The van der Waals surface area contributed by atoms with E-state index in [1.807, 2.05) is 18.2 Å². The average Bonchev–Trinajstić information content (AvgIpc) is 2.91. The van der Waals surface area contributed by atoms with Crippen LogP contribution in [0.2, 0.25) is 0 Å². The first kappa shape index (κ1) is 22.7. The van der Waals surface area contributed by atoms with Crippen LogP contribution >= 0.6 is 0 Å². The van der Waals surface area contributed by atoms with Gasteiger partial charge in [0.15, 0.2) is 23.9 Å². The number of esters is 1. The molecule has 0 saturated carbocycles. The van der Waals surface area contributed by atoms with E-state index in [0.717, 1.165) is 24.8 Å². The second-order valence-electron chi connectivity index (χ2n) is 8.52. The van der Waals surface area contributed by atoms with Crippen LogP contribution in [0, 0.1) is 0 Å². The van der Waals surface area contributed by atoms with Crippen LogP contribution in [0.1, 0.15) is 56.3 Å². The Morgan fingerprint density at radius 1 is 0.886 bits per heavy atom. The summed E-state index contributed by atoms with van der Waals surface area (Å²) in [6, 6.07) is 19.3. The molecular weight excluding hydrogens is 446 g/mol. The summed E-state index contributed by atoms with van der Waals surface area (Å²) in [5.41, 5.74) is 2.99. The minimum Gasteiger partial charge on any atom is -0.486 e. The molecule has 7 nitrogen and oxygen atoms in total. The molecule has 1 N–H and O–H groups in total. The van der Waals surface area contributed by atoms with Gasteiger partial charge in [0.2, 0.25) is 0 Å². The zero-order valence-corrected chi connectivity index (χ0v) is 19.1. The quantitative estimate of drug-likeness (QED) is 0.431. The molecule has 1 aliphatic heterocycles. The summed E-state index contributed by atoms with van der Waals surface area (Å²) in [6.45, 7) is 0.432. The van der Waals surface area contributed by atoms with E-state index in [1.165, 1.54) is 11.6 Å². The third-order valence-corrected chi connectivity index (χ3v) is 6.23. The largest absolute Gasteiger partial charge is 0.486 e. The van der Waals surface area contributed by atoms with Crippen LogP contribution in [-0.2, 0) is 16.0 Å². The SMILES string of the molecule is O=C(COC(=O)c1ccccc1C(=O)c1ccc2c(c1)OCCO2)N[C@H]1CCCc2ccccc21. The number of fused-ring (bicyclic) bond motifs is 2. The maximum Gasteiger partial charge on any atom is 0.339 e. The van der Waals surface area contributed by atoms with Crippen LogP contribution in [0.4, 0.5) is 0 Å². The van der Waals surface area contributed by atoms with Gasteiger partial charge in [0.05, 0.1) is 11.6 Å². The molecule has 0 fully saturated rings. The Kier molecular flexibility index (Phi) is 6.48. The summed E-state index contributed by atoms with van der Waals surface area (Å²) in [5, 5.41) is 2.97. The molecule has 1 amide bonds. The van der Waals surface area contributed by atoms with Crippen molar-refractivity contribution in [3.63, 3.8) is 0 Å². The predicted octanol–water partition coefficient (Wildman–Crippen LogP) is 4.04. The second kappa shape index (κ2) is 10.0. The monoisotopic (exact) mass is 471 g/mol. The molecule has 1 aliphatic carbocycles. The Balaban J connectivity index is 1.26. The molecule has 3 aromatic carbocycles. The molecule has 5 rings (SSSR count). The molecule has 7 heteroatoms. The van der Waals surface area contributed by atoms with Crippen molar-refractivity contribution >= 4 is 17.7 Å². The van der Waals surface area contributed by atoms with Gasteiger partial charge in [-0.15, -0.1) is 0 Å². The first-order chi connectivity index (χ1) is 17.1. The molecule has 1 atom stereocenters. The Morgan fingerprint density at radius 3 is 2.49 bits per heavy atom. The maximum atomic E-state index is 13.2.